The van der Waals surface area contributed by atoms with Gasteiger partial charge in [-0.1, -0.05) is 43.2 Å². The lowest BCUT2D eigenvalue weighted by Gasteiger charge is -2.49. The molecule has 3 aliphatic rings. The van der Waals surface area contributed by atoms with Gasteiger partial charge in [-0.15, -0.1) is 0 Å². The van der Waals surface area contributed by atoms with Crippen molar-refractivity contribution in [2.75, 3.05) is 19.6 Å². The van der Waals surface area contributed by atoms with E-state index < -0.39 is 0 Å². The van der Waals surface area contributed by atoms with E-state index in [-0.39, 0.29) is 29.1 Å². The van der Waals surface area contributed by atoms with Crippen molar-refractivity contribution in [2.24, 2.45) is 17.1 Å². The number of aromatic nitrogens is 2. The highest BCUT2D eigenvalue weighted by molar-refractivity contribution is 5.75. The second-order valence-electron chi connectivity index (χ2n) is 10.7. The summed E-state index contributed by atoms with van der Waals surface area (Å²) in [6.07, 6.45) is 8.93. The van der Waals surface area contributed by atoms with Gasteiger partial charge in [0.2, 0.25) is 0 Å². The van der Waals surface area contributed by atoms with Crippen molar-refractivity contribution in [3.8, 4) is 0 Å². The lowest BCUT2D eigenvalue weighted by Crippen LogP contribution is -2.56. The van der Waals surface area contributed by atoms with Crippen molar-refractivity contribution in [1.82, 2.24) is 19.4 Å². The van der Waals surface area contributed by atoms with Crippen LogP contribution in [0.2, 0.25) is 0 Å². The monoisotopic (exact) mass is 463 g/mol. The van der Waals surface area contributed by atoms with Gasteiger partial charge in [0.15, 0.2) is 0 Å². The van der Waals surface area contributed by atoms with Gasteiger partial charge in [-0.25, -0.2) is 9.78 Å². The molecule has 1 aromatic carbocycles. The summed E-state index contributed by atoms with van der Waals surface area (Å²) in [6, 6.07) is 12.3. The molecule has 0 bridgehead atoms. The highest BCUT2D eigenvalue weighted by Crippen LogP contribution is 2.49. The predicted octanol–water partition coefficient (Wildman–Crippen LogP) is 3.72. The number of carbonyl (C=O) groups is 1. The van der Waals surface area contributed by atoms with Crippen LogP contribution in [-0.4, -0.2) is 51.1 Å². The first kappa shape index (κ1) is 23.1. The number of piperidine rings is 2. The number of amides is 2. The molecule has 1 saturated carbocycles. The third-order valence-electron chi connectivity index (χ3n) is 8.50. The Morgan fingerprint density at radius 3 is 2.65 bits per heavy atom. The van der Waals surface area contributed by atoms with Gasteiger partial charge in [0.1, 0.15) is 0 Å². The number of aryl methyl sites for hydroxylation is 1. The Morgan fingerprint density at radius 1 is 1.15 bits per heavy atom. The quantitative estimate of drug-likeness (QED) is 0.752. The van der Waals surface area contributed by atoms with Gasteiger partial charge in [0.05, 0.1) is 12.4 Å². The van der Waals surface area contributed by atoms with E-state index in [0.717, 1.165) is 50.9 Å². The van der Waals surface area contributed by atoms with Crippen LogP contribution in [0.3, 0.4) is 0 Å². The minimum absolute atomic E-state index is 0.0227. The Kier molecular flexibility index (Phi) is 6.47. The number of hydrogen-bond acceptors (Lipinski definition) is 4. The van der Waals surface area contributed by atoms with Crippen LogP contribution in [0.5, 0.6) is 0 Å². The third-order valence-corrected chi connectivity index (χ3v) is 8.50. The summed E-state index contributed by atoms with van der Waals surface area (Å²) in [5.74, 6) is 0.390. The van der Waals surface area contributed by atoms with E-state index in [1.54, 1.807) is 17.0 Å². The number of rotatable bonds is 3. The first-order valence-corrected chi connectivity index (χ1v) is 12.8. The lowest BCUT2D eigenvalue weighted by atomic mass is 9.69. The first-order chi connectivity index (χ1) is 16.4. The Labute approximate surface area is 202 Å². The SMILES string of the molecule is Cc1cc(=O)n(CC2CCN(C(=O)N3CC[C@@H](N)C[C@H]3c3ccccc3)CC23CCCC3)cn1. The van der Waals surface area contributed by atoms with Gasteiger partial charge < -0.3 is 15.5 Å². The van der Waals surface area contributed by atoms with E-state index in [0.29, 0.717) is 19.0 Å². The molecule has 2 aliphatic heterocycles. The molecule has 2 amide bonds. The lowest BCUT2D eigenvalue weighted by molar-refractivity contribution is 0.0214. The van der Waals surface area contributed by atoms with E-state index >= 15 is 0 Å². The van der Waals surface area contributed by atoms with Crippen molar-refractivity contribution in [3.05, 3.63) is 64.3 Å². The van der Waals surface area contributed by atoms with Crippen molar-refractivity contribution in [2.45, 2.75) is 70.5 Å². The Morgan fingerprint density at radius 2 is 1.91 bits per heavy atom. The number of benzene rings is 1. The second-order valence-corrected chi connectivity index (χ2v) is 10.7. The Bertz CT molecular complexity index is 1060. The van der Waals surface area contributed by atoms with E-state index in [1.807, 2.05) is 25.1 Å². The summed E-state index contributed by atoms with van der Waals surface area (Å²) < 4.78 is 1.77. The molecule has 2 aromatic rings. The maximum atomic E-state index is 13.9. The molecule has 5 rings (SSSR count). The van der Waals surface area contributed by atoms with Gasteiger partial charge in [-0.2, -0.15) is 0 Å². The van der Waals surface area contributed by atoms with Crippen LogP contribution in [0.1, 0.15) is 62.2 Å². The topological polar surface area (TPSA) is 84.5 Å². The molecule has 1 spiro atoms. The fourth-order valence-corrected chi connectivity index (χ4v) is 6.59. The molecule has 2 N–H and O–H groups in total. The van der Waals surface area contributed by atoms with Gasteiger partial charge in [0.25, 0.3) is 5.56 Å². The molecule has 2 saturated heterocycles. The zero-order valence-corrected chi connectivity index (χ0v) is 20.2. The summed E-state index contributed by atoms with van der Waals surface area (Å²) >= 11 is 0. The van der Waals surface area contributed by atoms with Crippen LogP contribution >= 0.6 is 0 Å². The Hall–Kier alpha value is -2.67. The molecule has 7 nitrogen and oxygen atoms in total. The summed E-state index contributed by atoms with van der Waals surface area (Å²) in [4.78, 5) is 34.9. The average molecular weight is 464 g/mol. The van der Waals surface area contributed by atoms with Crippen LogP contribution in [0.15, 0.2) is 47.5 Å². The maximum Gasteiger partial charge on any atom is 0.320 e. The number of nitrogens with two attached hydrogens (primary N) is 1. The number of urea groups is 1. The average Bonchev–Trinajstić information content (AvgIpc) is 3.31. The van der Waals surface area contributed by atoms with Crippen molar-refractivity contribution in [3.63, 3.8) is 0 Å². The number of carbonyl (C=O) groups excluding carboxylic acids is 1. The zero-order chi connectivity index (χ0) is 23.7. The molecule has 3 fully saturated rings. The molecule has 0 radical (unpaired) electrons. The molecule has 7 heteroatoms. The van der Waals surface area contributed by atoms with Crippen LogP contribution in [-0.2, 0) is 6.54 Å². The van der Waals surface area contributed by atoms with Gasteiger partial charge in [-0.05, 0) is 55.9 Å². The third kappa shape index (κ3) is 4.50. The number of nitrogens with zero attached hydrogens (tertiary/aromatic N) is 4. The molecule has 1 unspecified atom stereocenters. The van der Waals surface area contributed by atoms with Gasteiger partial charge >= 0.3 is 6.03 Å². The van der Waals surface area contributed by atoms with E-state index in [9.17, 15) is 9.59 Å². The predicted molar refractivity (Wildman–Crippen MR) is 132 cm³/mol. The smallest absolute Gasteiger partial charge is 0.320 e. The normalized spacial score (nSPS) is 26.7. The zero-order valence-electron chi connectivity index (χ0n) is 20.2. The molecule has 3 atom stereocenters. The van der Waals surface area contributed by atoms with Gasteiger partial charge in [0, 0.05) is 44.0 Å². The van der Waals surface area contributed by atoms with Crippen molar-refractivity contribution >= 4 is 6.03 Å². The van der Waals surface area contributed by atoms with Gasteiger partial charge in [-0.3, -0.25) is 9.36 Å². The minimum atomic E-state index is 0.0227. The summed E-state index contributed by atoms with van der Waals surface area (Å²) in [6.45, 7) is 4.78. The molecule has 1 aromatic heterocycles. The fourth-order valence-electron chi connectivity index (χ4n) is 6.59. The van der Waals surface area contributed by atoms with Crippen LogP contribution in [0.25, 0.3) is 0 Å². The van der Waals surface area contributed by atoms with E-state index in [2.05, 4.69) is 26.9 Å². The van der Waals surface area contributed by atoms with Crippen LogP contribution in [0.4, 0.5) is 4.79 Å². The minimum Gasteiger partial charge on any atom is -0.328 e. The maximum absolute atomic E-state index is 13.9. The highest BCUT2D eigenvalue weighted by Gasteiger charge is 2.47. The standard InChI is InChI=1S/C27H37N5O2/c1-20-15-25(33)31(19-29-20)17-22-9-13-30(18-27(22)11-5-6-12-27)26(34)32-14-10-23(28)16-24(32)21-7-3-2-4-8-21/h2-4,7-8,15,19,22-24H,5-6,9-14,16-18,28H2,1H3/t22?,23-,24+/m1/s1. The second kappa shape index (κ2) is 9.53. The highest BCUT2D eigenvalue weighted by atomic mass is 16.2. The number of hydrogen-bond donors (Lipinski definition) is 1. The summed E-state index contributed by atoms with van der Waals surface area (Å²) in [5, 5.41) is 0. The van der Waals surface area contributed by atoms with E-state index in [1.165, 1.54) is 18.4 Å². The first-order valence-electron chi connectivity index (χ1n) is 12.8. The Balaban J connectivity index is 1.35. The van der Waals surface area contributed by atoms with Crippen LogP contribution < -0.4 is 11.3 Å². The molecule has 182 valence electrons. The summed E-state index contributed by atoms with van der Waals surface area (Å²) in [5.41, 5.74) is 8.36. The molecular weight excluding hydrogens is 426 g/mol. The van der Waals surface area contributed by atoms with Crippen LogP contribution in [0, 0.1) is 18.3 Å². The fraction of sp³-hybridized carbons (Fsp3) is 0.593. The molecule has 1 aliphatic carbocycles. The van der Waals surface area contributed by atoms with Crippen molar-refractivity contribution in [1.29, 1.82) is 0 Å². The summed E-state index contributed by atoms with van der Waals surface area (Å²) in [7, 11) is 0. The molecule has 3 heterocycles. The number of likely N-dealkylation sites (tertiary alicyclic amines) is 2. The van der Waals surface area contributed by atoms with E-state index in [4.69, 9.17) is 5.73 Å². The molecule has 34 heavy (non-hydrogen) atoms. The molecular formula is C27H37N5O2. The van der Waals surface area contributed by atoms with Crippen molar-refractivity contribution < 1.29 is 4.79 Å². The largest absolute Gasteiger partial charge is 0.328 e.